The molecule has 2 N–H and O–H groups in total. The van der Waals surface area contributed by atoms with E-state index in [4.69, 9.17) is 28.6 Å². The van der Waals surface area contributed by atoms with Crippen molar-refractivity contribution in [3.05, 3.63) is 63.2 Å². The number of amides is 1. The van der Waals surface area contributed by atoms with Crippen LogP contribution in [0.5, 0.6) is 0 Å². The third-order valence-electron chi connectivity index (χ3n) is 4.12. The molecule has 2 aromatic carbocycles. The molecule has 2 aromatic rings. The largest absolute Gasteiger partial charge is 0.378 e. The van der Waals surface area contributed by atoms with Crippen LogP contribution < -0.4 is 15.5 Å². The zero-order chi connectivity index (χ0) is 20.1. The summed E-state index contributed by atoms with van der Waals surface area (Å²) in [5.41, 5.74) is 1.13. The van der Waals surface area contributed by atoms with Crippen molar-refractivity contribution in [1.82, 2.24) is 5.32 Å². The molecule has 3 rings (SSSR count). The lowest BCUT2D eigenvalue weighted by Gasteiger charge is -2.28. The Bertz CT molecular complexity index is 901. The maximum atomic E-state index is 12.4. The van der Waals surface area contributed by atoms with E-state index < -0.39 is 10.8 Å². The topological polar surface area (TPSA) is 96.7 Å². The number of nitrogens with zero attached hydrogens (tertiary/aromatic N) is 2. The number of nitro benzene ring substituents is 1. The summed E-state index contributed by atoms with van der Waals surface area (Å²) in [7, 11) is 0. The third kappa shape index (κ3) is 4.94. The number of nitro groups is 1. The molecule has 0 bridgehead atoms. The highest BCUT2D eigenvalue weighted by molar-refractivity contribution is 7.80. The van der Waals surface area contributed by atoms with Gasteiger partial charge in [-0.1, -0.05) is 11.6 Å². The van der Waals surface area contributed by atoms with Gasteiger partial charge in [-0.15, -0.1) is 0 Å². The van der Waals surface area contributed by atoms with Gasteiger partial charge in [0.05, 0.1) is 18.1 Å². The summed E-state index contributed by atoms with van der Waals surface area (Å²) in [6, 6.07) is 11.2. The predicted molar refractivity (Wildman–Crippen MR) is 111 cm³/mol. The molecule has 0 spiro atoms. The van der Waals surface area contributed by atoms with Crippen molar-refractivity contribution in [2.45, 2.75) is 0 Å². The van der Waals surface area contributed by atoms with Gasteiger partial charge < -0.3 is 15.0 Å². The number of ether oxygens (including phenoxy) is 1. The standard InChI is InChI=1S/C18H17ClN4O4S/c19-13-2-4-14(5-3-13)20-18(28)21-17(24)12-1-6-15(16(11-12)23(25)26)22-7-9-27-10-8-22/h1-6,11H,7-10H2,(H2,20,21,24,28). The number of benzene rings is 2. The smallest absolute Gasteiger partial charge is 0.293 e. The molecule has 1 heterocycles. The Morgan fingerprint density at radius 1 is 1.18 bits per heavy atom. The van der Waals surface area contributed by atoms with E-state index in [1.807, 2.05) is 4.90 Å². The van der Waals surface area contributed by atoms with E-state index in [2.05, 4.69) is 10.6 Å². The maximum absolute atomic E-state index is 12.4. The minimum Gasteiger partial charge on any atom is -0.378 e. The molecule has 28 heavy (non-hydrogen) atoms. The second-order valence-corrected chi connectivity index (χ2v) is 6.82. The molecule has 0 aromatic heterocycles. The van der Waals surface area contributed by atoms with Gasteiger partial charge in [-0.25, -0.2) is 0 Å². The van der Waals surface area contributed by atoms with Gasteiger partial charge in [0.25, 0.3) is 11.6 Å². The van der Waals surface area contributed by atoms with Crippen LogP contribution in [-0.2, 0) is 4.74 Å². The number of hydrogen-bond acceptors (Lipinski definition) is 6. The first-order valence-corrected chi connectivity index (χ1v) is 9.22. The van der Waals surface area contributed by atoms with Gasteiger partial charge in [-0.2, -0.15) is 0 Å². The van der Waals surface area contributed by atoms with Crippen molar-refractivity contribution in [1.29, 1.82) is 0 Å². The molecule has 0 saturated carbocycles. The quantitative estimate of drug-likeness (QED) is 0.445. The first-order valence-electron chi connectivity index (χ1n) is 8.43. The lowest BCUT2D eigenvalue weighted by atomic mass is 10.1. The van der Waals surface area contributed by atoms with Gasteiger partial charge in [0, 0.05) is 35.4 Å². The van der Waals surface area contributed by atoms with Gasteiger partial charge in [-0.05, 0) is 48.6 Å². The van der Waals surface area contributed by atoms with Crippen LogP contribution in [0.1, 0.15) is 10.4 Å². The number of carbonyl (C=O) groups excluding carboxylic acids is 1. The fraction of sp³-hybridized carbons (Fsp3) is 0.222. The fourth-order valence-corrected chi connectivity index (χ4v) is 3.09. The first kappa shape index (κ1) is 20.0. The zero-order valence-electron chi connectivity index (χ0n) is 14.7. The Morgan fingerprint density at radius 3 is 2.50 bits per heavy atom. The van der Waals surface area contributed by atoms with Crippen LogP contribution in [0.15, 0.2) is 42.5 Å². The maximum Gasteiger partial charge on any atom is 0.293 e. The summed E-state index contributed by atoms with van der Waals surface area (Å²) >= 11 is 11.0. The highest BCUT2D eigenvalue weighted by atomic mass is 35.5. The summed E-state index contributed by atoms with van der Waals surface area (Å²) < 4.78 is 5.28. The van der Waals surface area contributed by atoms with E-state index in [1.165, 1.54) is 12.1 Å². The molecular weight excluding hydrogens is 404 g/mol. The molecule has 146 valence electrons. The lowest BCUT2D eigenvalue weighted by Crippen LogP contribution is -2.37. The third-order valence-corrected chi connectivity index (χ3v) is 4.57. The molecule has 1 aliphatic heterocycles. The number of halogens is 1. The van der Waals surface area contributed by atoms with Crippen molar-refractivity contribution < 1.29 is 14.5 Å². The van der Waals surface area contributed by atoms with Crippen molar-refractivity contribution in [3.63, 3.8) is 0 Å². The van der Waals surface area contributed by atoms with Crippen LogP contribution in [0, 0.1) is 10.1 Å². The van der Waals surface area contributed by atoms with E-state index in [-0.39, 0.29) is 16.4 Å². The molecule has 10 heteroatoms. The molecule has 8 nitrogen and oxygen atoms in total. The Balaban J connectivity index is 1.72. The van der Waals surface area contributed by atoms with E-state index in [0.29, 0.717) is 42.7 Å². The van der Waals surface area contributed by atoms with Gasteiger partial charge in [0.1, 0.15) is 5.69 Å². The number of morpholine rings is 1. The molecule has 1 amide bonds. The molecular formula is C18H17ClN4O4S. The second kappa shape index (κ2) is 8.96. The van der Waals surface area contributed by atoms with Gasteiger partial charge >= 0.3 is 0 Å². The number of nitrogens with one attached hydrogen (secondary N) is 2. The molecule has 1 saturated heterocycles. The average molecular weight is 421 g/mol. The van der Waals surface area contributed by atoms with Crippen molar-refractivity contribution in [3.8, 4) is 0 Å². The summed E-state index contributed by atoms with van der Waals surface area (Å²) in [5, 5.41) is 17.5. The van der Waals surface area contributed by atoms with E-state index >= 15 is 0 Å². The Labute approximate surface area is 171 Å². The number of hydrogen-bond donors (Lipinski definition) is 2. The molecule has 0 radical (unpaired) electrons. The SMILES string of the molecule is O=C(NC(=S)Nc1ccc(Cl)cc1)c1ccc(N2CCOCC2)c([N+](=O)[O-])c1. The molecule has 0 atom stereocenters. The van der Waals surface area contributed by atoms with E-state index in [0.717, 1.165) is 0 Å². The Hall–Kier alpha value is -2.75. The minimum atomic E-state index is -0.539. The van der Waals surface area contributed by atoms with Crippen LogP contribution in [0.4, 0.5) is 17.1 Å². The first-order chi connectivity index (χ1) is 13.4. The predicted octanol–water partition coefficient (Wildman–Crippen LogP) is 3.21. The minimum absolute atomic E-state index is 0.0761. The van der Waals surface area contributed by atoms with Gasteiger partial charge in [0.15, 0.2) is 5.11 Å². The van der Waals surface area contributed by atoms with Crippen LogP contribution in [0.2, 0.25) is 5.02 Å². The highest BCUT2D eigenvalue weighted by Gasteiger charge is 2.23. The fourth-order valence-electron chi connectivity index (χ4n) is 2.75. The summed E-state index contributed by atoms with van der Waals surface area (Å²) in [4.78, 5) is 25.3. The average Bonchev–Trinajstić information content (AvgIpc) is 2.69. The van der Waals surface area contributed by atoms with E-state index in [9.17, 15) is 14.9 Å². The Morgan fingerprint density at radius 2 is 1.86 bits per heavy atom. The summed E-state index contributed by atoms with van der Waals surface area (Å²) in [5.74, 6) is -0.539. The number of thiocarbonyl (C=S) groups is 1. The second-order valence-electron chi connectivity index (χ2n) is 5.98. The van der Waals surface area contributed by atoms with Gasteiger partial charge in [-0.3, -0.25) is 20.2 Å². The monoisotopic (exact) mass is 420 g/mol. The molecule has 0 unspecified atom stereocenters. The van der Waals surface area contributed by atoms with Crippen LogP contribution in [0.25, 0.3) is 0 Å². The van der Waals surface area contributed by atoms with Crippen LogP contribution in [0.3, 0.4) is 0 Å². The molecule has 0 aliphatic carbocycles. The number of carbonyl (C=O) groups is 1. The highest BCUT2D eigenvalue weighted by Crippen LogP contribution is 2.30. The summed E-state index contributed by atoms with van der Waals surface area (Å²) in [6.45, 7) is 2.12. The zero-order valence-corrected chi connectivity index (χ0v) is 16.3. The molecule has 1 fully saturated rings. The van der Waals surface area contributed by atoms with Gasteiger partial charge in [0.2, 0.25) is 0 Å². The normalized spacial score (nSPS) is 13.7. The summed E-state index contributed by atoms with van der Waals surface area (Å²) in [6.07, 6.45) is 0. The Kier molecular flexibility index (Phi) is 6.40. The lowest BCUT2D eigenvalue weighted by molar-refractivity contribution is -0.384. The van der Waals surface area contributed by atoms with Crippen molar-refractivity contribution in [2.24, 2.45) is 0 Å². The number of rotatable bonds is 4. The van der Waals surface area contributed by atoms with E-state index in [1.54, 1.807) is 30.3 Å². The van der Waals surface area contributed by atoms with Crippen LogP contribution in [-0.4, -0.2) is 42.2 Å². The van der Waals surface area contributed by atoms with Crippen molar-refractivity contribution >= 4 is 51.9 Å². The van der Waals surface area contributed by atoms with Crippen molar-refractivity contribution in [2.75, 3.05) is 36.5 Å². The molecule has 1 aliphatic rings. The van der Waals surface area contributed by atoms with Crippen LogP contribution >= 0.6 is 23.8 Å². The number of anilines is 2.